The quantitative estimate of drug-likeness (QED) is 0.760. The highest BCUT2D eigenvalue weighted by Gasteiger charge is 2.24. The van der Waals surface area contributed by atoms with E-state index in [1.807, 2.05) is 0 Å². The van der Waals surface area contributed by atoms with Gasteiger partial charge in [-0.05, 0) is 43.2 Å². The summed E-state index contributed by atoms with van der Waals surface area (Å²) in [6, 6.07) is 7.96. The maximum atomic E-state index is 12.4. The van der Waals surface area contributed by atoms with Gasteiger partial charge < -0.3 is 4.74 Å². The predicted octanol–water partition coefficient (Wildman–Crippen LogP) is 1.47. The summed E-state index contributed by atoms with van der Waals surface area (Å²) in [5, 5.41) is 4.02. The monoisotopic (exact) mass is 331 g/mol. The molecular weight excluding hydrogens is 318 g/mol. The maximum absolute atomic E-state index is 12.4. The van der Waals surface area contributed by atoms with E-state index in [-0.39, 0.29) is 16.9 Å². The van der Waals surface area contributed by atoms with Crippen LogP contribution in [0.15, 0.2) is 47.6 Å². The van der Waals surface area contributed by atoms with Crippen LogP contribution in [0.4, 0.5) is 5.95 Å². The van der Waals surface area contributed by atoms with Gasteiger partial charge in [-0.1, -0.05) is 0 Å². The van der Waals surface area contributed by atoms with Crippen molar-refractivity contribution in [2.45, 2.75) is 23.8 Å². The number of hydrogen-bond acceptors (Lipinski definition) is 6. The molecule has 0 saturated heterocycles. The van der Waals surface area contributed by atoms with E-state index < -0.39 is 10.0 Å². The fourth-order valence-corrected chi connectivity index (χ4v) is 2.97. The van der Waals surface area contributed by atoms with Crippen molar-refractivity contribution < 1.29 is 13.2 Å². The average Bonchev–Trinajstić information content (AvgIpc) is 3.25. The van der Waals surface area contributed by atoms with Crippen LogP contribution in [0.25, 0.3) is 5.78 Å². The zero-order chi connectivity index (χ0) is 15.9. The van der Waals surface area contributed by atoms with Gasteiger partial charge in [0.05, 0.1) is 11.0 Å². The molecule has 1 aliphatic carbocycles. The summed E-state index contributed by atoms with van der Waals surface area (Å²) in [5.41, 5.74) is 0. The van der Waals surface area contributed by atoms with Crippen LogP contribution in [0.5, 0.6) is 5.75 Å². The molecule has 0 aliphatic heterocycles. The summed E-state index contributed by atoms with van der Waals surface area (Å²) in [7, 11) is -3.76. The Morgan fingerprint density at radius 3 is 2.70 bits per heavy atom. The van der Waals surface area contributed by atoms with Crippen LogP contribution in [-0.4, -0.2) is 34.1 Å². The lowest BCUT2D eigenvalue weighted by atomic mass is 10.3. The summed E-state index contributed by atoms with van der Waals surface area (Å²) in [4.78, 5) is 8.12. The van der Waals surface area contributed by atoms with Gasteiger partial charge in [-0.3, -0.25) is 0 Å². The van der Waals surface area contributed by atoms with Gasteiger partial charge >= 0.3 is 0 Å². The number of fused-ring (bicyclic) bond motifs is 1. The Morgan fingerprint density at radius 1 is 1.22 bits per heavy atom. The van der Waals surface area contributed by atoms with Crippen molar-refractivity contribution in [3.63, 3.8) is 0 Å². The first-order valence-corrected chi connectivity index (χ1v) is 8.55. The van der Waals surface area contributed by atoms with E-state index in [1.165, 1.54) is 16.6 Å². The molecule has 0 atom stereocenters. The van der Waals surface area contributed by atoms with Gasteiger partial charge in [0.25, 0.3) is 21.7 Å². The van der Waals surface area contributed by atoms with Crippen LogP contribution >= 0.6 is 0 Å². The van der Waals surface area contributed by atoms with Crippen LogP contribution in [0.1, 0.15) is 12.8 Å². The summed E-state index contributed by atoms with van der Waals surface area (Å²) in [6.45, 7) is 0. The number of nitrogens with zero attached hydrogens (tertiary/aromatic N) is 4. The number of hydrogen-bond donors (Lipinski definition) is 1. The highest BCUT2D eigenvalue weighted by molar-refractivity contribution is 7.92. The molecule has 0 bridgehead atoms. The van der Waals surface area contributed by atoms with E-state index in [9.17, 15) is 8.42 Å². The van der Waals surface area contributed by atoms with E-state index >= 15 is 0 Å². The average molecular weight is 331 g/mol. The summed E-state index contributed by atoms with van der Waals surface area (Å²) in [5.74, 6) is 0.960. The molecule has 3 aromatic rings. The van der Waals surface area contributed by atoms with Crippen LogP contribution in [0.3, 0.4) is 0 Å². The smallest absolute Gasteiger partial charge is 0.264 e. The molecule has 0 spiro atoms. The van der Waals surface area contributed by atoms with Gasteiger partial charge in [-0.25, -0.2) is 22.6 Å². The number of ether oxygens (including phenoxy) is 1. The standard InChI is InChI=1S/C14H13N5O3S/c20-23(21,12-6-4-11(5-7-12)22-10-2-3-10)18-13-16-14-15-8-1-9-19(14)17-13/h1,4-10H,2-3H2,(H,17,18). The third-order valence-electron chi connectivity index (χ3n) is 3.30. The topological polar surface area (TPSA) is 98.5 Å². The first-order chi connectivity index (χ1) is 11.1. The molecule has 118 valence electrons. The van der Waals surface area contributed by atoms with Crippen LogP contribution in [-0.2, 0) is 10.0 Å². The largest absolute Gasteiger partial charge is 0.490 e. The number of aromatic nitrogens is 4. The Bertz CT molecular complexity index is 915. The molecule has 1 fully saturated rings. The van der Waals surface area contributed by atoms with Crippen LogP contribution in [0.2, 0.25) is 0 Å². The highest BCUT2D eigenvalue weighted by atomic mass is 32.2. The minimum Gasteiger partial charge on any atom is -0.490 e. The number of benzene rings is 1. The van der Waals surface area contributed by atoms with E-state index in [4.69, 9.17) is 4.74 Å². The Labute approximate surface area is 132 Å². The maximum Gasteiger partial charge on any atom is 0.264 e. The lowest BCUT2D eigenvalue weighted by Crippen LogP contribution is -2.14. The lowest BCUT2D eigenvalue weighted by Gasteiger charge is -2.07. The van der Waals surface area contributed by atoms with Crippen molar-refractivity contribution in [1.82, 2.24) is 19.6 Å². The van der Waals surface area contributed by atoms with Gasteiger partial charge in [0.2, 0.25) is 0 Å². The normalized spacial score (nSPS) is 14.8. The lowest BCUT2D eigenvalue weighted by molar-refractivity contribution is 0.303. The zero-order valence-electron chi connectivity index (χ0n) is 12.0. The van der Waals surface area contributed by atoms with Gasteiger partial charge in [0, 0.05) is 12.4 Å². The second kappa shape index (κ2) is 5.20. The highest BCUT2D eigenvalue weighted by Crippen LogP contribution is 2.27. The minimum absolute atomic E-state index is 0.0259. The van der Waals surface area contributed by atoms with Crippen molar-refractivity contribution in [2.75, 3.05) is 4.72 Å². The summed E-state index contributed by atoms with van der Waals surface area (Å²) < 4.78 is 34.1. The molecule has 1 aliphatic rings. The van der Waals surface area contributed by atoms with Crippen molar-refractivity contribution in [3.8, 4) is 5.75 Å². The van der Waals surface area contributed by atoms with E-state index in [0.29, 0.717) is 11.5 Å². The van der Waals surface area contributed by atoms with Crippen molar-refractivity contribution in [1.29, 1.82) is 0 Å². The van der Waals surface area contributed by atoms with Gasteiger partial charge in [0.15, 0.2) is 0 Å². The molecule has 8 nitrogen and oxygen atoms in total. The Morgan fingerprint density at radius 2 is 2.00 bits per heavy atom. The Kier molecular flexibility index (Phi) is 3.15. The van der Waals surface area contributed by atoms with E-state index in [0.717, 1.165) is 12.8 Å². The van der Waals surface area contributed by atoms with Gasteiger partial charge in [-0.2, -0.15) is 4.98 Å². The van der Waals surface area contributed by atoms with Crippen LogP contribution < -0.4 is 9.46 Å². The molecular formula is C14H13N5O3S. The molecule has 1 N–H and O–H groups in total. The minimum atomic E-state index is -3.76. The number of anilines is 1. The summed E-state index contributed by atoms with van der Waals surface area (Å²) in [6.07, 6.45) is 5.56. The molecule has 23 heavy (non-hydrogen) atoms. The molecule has 1 saturated carbocycles. The zero-order valence-corrected chi connectivity index (χ0v) is 12.8. The van der Waals surface area contributed by atoms with Gasteiger partial charge in [0.1, 0.15) is 5.75 Å². The second-order valence-electron chi connectivity index (χ2n) is 5.19. The molecule has 1 aromatic carbocycles. The number of sulfonamides is 1. The molecule has 0 unspecified atom stereocenters. The fourth-order valence-electron chi connectivity index (χ4n) is 2.03. The third-order valence-corrected chi connectivity index (χ3v) is 4.65. The first-order valence-electron chi connectivity index (χ1n) is 7.07. The van der Waals surface area contributed by atoms with Crippen molar-refractivity contribution in [3.05, 3.63) is 42.7 Å². The fraction of sp³-hybridized carbons (Fsp3) is 0.214. The molecule has 4 rings (SSSR count). The first kappa shape index (κ1) is 13.9. The Hall–Kier alpha value is -2.68. The van der Waals surface area contributed by atoms with Crippen molar-refractivity contribution in [2.24, 2.45) is 0 Å². The molecule has 2 heterocycles. The van der Waals surface area contributed by atoms with E-state index in [2.05, 4.69) is 19.8 Å². The SMILES string of the molecule is O=S(=O)(Nc1nc2ncccn2n1)c1ccc(OC2CC2)cc1. The second-order valence-corrected chi connectivity index (χ2v) is 6.88. The molecule has 0 radical (unpaired) electrons. The predicted molar refractivity (Wildman–Crippen MR) is 81.7 cm³/mol. The van der Waals surface area contributed by atoms with Crippen molar-refractivity contribution >= 4 is 21.7 Å². The van der Waals surface area contributed by atoms with E-state index in [1.54, 1.807) is 30.6 Å². The van der Waals surface area contributed by atoms with Gasteiger partial charge in [-0.15, -0.1) is 5.10 Å². The Balaban J connectivity index is 1.56. The molecule has 9 heteroatoms. The number of rotatable bonds is 5. The molecule has 2 aromatic heterocycles. The summed E-state index contributed by atoms with van der Waals surface area (Å²) >= 11 is 0. The third kappa shape index (κ3) is 2.95. The van der Waals surface area contributed by atoms with Crippen LogP contribution in [0, 0.1) is 0 Å². The number of nitrogens with one attached hydrogen (secondary N) is 1. The molecule has 0 amide bonds.